The van der Waals surface area contributed by atoms with Gasteiger partial charge in [0.15, 0.2) is 0 Å². The average Bonchev–Trinajstić information content (AvgIpc) is 2.53. The molecule has 122 valence electrons. The molecule has 0 aliphatic rings. The molecule has 0 unspecified atom stereocenters. The van der Waals surface area contributed by atoms with Crippen molar-refractivity contribution in [3.8, 4) is 17.2 Å². The predicted molar refractivity (Wildman–Crippen MR) is 93.7 cm³/mol. The minimum atomic E-state index is -0.0234. The van der Waals surface area contributed by atoms with E-state index in [1.54, 1.807) is 21.3 Å². The standard InChI is InChI=1S/C17H22O3.C2H6/c1-17(2,3)16-12-8-7-11(18-4)9-13(12)14(19-5)10-15(16)20-6;1-2/h7-10H,1-6H3;1-2H3. The molecule has 3 heteroatoms. The Morgan fingerprint density at radius 3 is 1.77 bits per heavy atom. The highest BCUT2D eigenvalue weighted by atomic mass is 16.5. The fourth-order valence-electron chi connectivity index (χ4n) is 2.58. The minimum absolute atomic E-state index is 0.0234. The molecule has 3 nitrogen and oxygen atoms in total. The van der Waals surface area contributed by atoms with E-state index in [1.807, 2.05) is 32.0 Å². The van der Waals surface area contributed by atoms with E-state index in [9.17, 15) is 0 Å². The topological polar surface area (TPSA) is 27.7 Å². The zero-order valence-electron chi connectivity index (χ0n) is 15.0. The van der Waals surface area contributed by atoms with Crippen LogP contribution in [0.25, 0.3) is 10.8 Å². The van der Waals surface area contributed by atoms with Gasteiger partial charge < -0.3 is 14.2 Å². The predicted octanol–water partition coefficient (Wildman–Crippen LogP) is 5.19. The van der Waals surface area contributed by atoms with Crippen molar-refractivity contribution >= 4 is 10.8 Å². The van der Waals surface area contributed by atoms with Gasteiger partial charge in [0, 0.05) is 17.0 Å². The van der Waals surface area contributed by atoms with Crippen LogP contribution in [0.5, 0.6) is 17.2 Å². The molecule has 0 atom stereocenters. The molecule has 0 aromatic heterocycles. The first-order chi connectivity index (χ1) is 10.4. The maximum absolute atomic E-state index is 5.57. The summed E-state index contributed by atoms with van der Waals surface area (Å²) in [5, 5.41) is 2.17. The second-order valence-electron chi connectivity index (χ2n) is 5.82. The van der Waals surface area contributed by atoms with Crippen LogP contribution in [0.3, 0.4) is 0 Å². The fourth-order valence-corrected chi connectivity index (χ4v) is 2.58. The van der Waals surface area contributed by atoms with Gasteiger partial charge in [-0.3, -0.25) is 0 Å². The summed E-state index contributed by atoms with van der Waals surface area (Å²) in [5.41, 5.74) is 1.16. The van der Waals surface area contributed by atoms with Gasteiger partial charge in [0.25, 0.3) is 0 Å². The normalized spacial score (nSPS) is 10.7. The van der Waals surface area contributed by atoms with E-state index in [2.05, 4.69) is 26.8 Å². The lowest BCUT2D eigenvalue weighted by atomic mass is 9.82. The van der Waals surface area contributed by atoms with Gasteiger partial charge in [0.2, 0.25) is 0 Å². The van der Waals surface area contributed by atoms with Gasteiger partial charge in [-0.25, -0.2) is 0 Å². The summed E-state index contributed by atoms with van der Waals surface area (Å²) >= 11 is 0. The second kappa shape index (κ2) is 7.39. The Labute approximate surface area is 134 Å². The van der Waals surface area contributed by atoms with Crippen LogP contribution in [-0.4, -0.2) is 21.3 Å². The average molecular weight is 304 g/mol. The lowest BCUT2D eigenvalue weighted by Gasteiger charge is -2.25. The Morgan fingerprint density at radius 1 is 0.727 bits per heavy atom. The van der Waals surface area contributed by atoms with Crippen LogP contribution >= 0.6 is 0 Å². The Kier molecular flexibility index (Phi) is 6.10. The van der Waals surface area contributed by atoms with Crippen LogP contribution in [0, 0.1) is 0 Å². The SMILES string of the molecule is CC.COc1ccc2c(C(C)(C)C)c(OC)cc(OC)c2c1. The van der Waals surface area contributed by atoms with Crippen LogP contribution in [-0.2, 0) is 5.41 Å². The third-order valence-electron chi connectivity index (χ3n) is 3.46. The zero-order chi connectivity index (χ0) is 16.9. The number of ether oxygens (including phenoxy) is 3. The summed E-state index contributed by atoms with van der Waals surface area (Å²) in [7, 11) is 5.03. The van der Waals surface area contributed by atoms with Crippen molar-refractivity contribution in [2.75, 3.05) is 21.3 Å². The maximum Gasteiger partial charge on any atom is 0.130 e. The molecule has 0 amide bonds. The summed E-state index contributed by atoms with van der Waals surface area (Å²) < 4.78 is 16.4. The molecule has 0 spiro atoms. The first-order valence-electron chi connectivity index (χ1n) is 7.65. The van der Waals surface area contributed by atoms with Crippen molar-refractivity contribution in [1.29, 1.82) is 0 Å². The lowest BCUT2D eigenvalue weighted by Crippen LogP contribution is -2.14. The molecule has 0 saturated heterocycles. The molecule has 0 saturated carbocycles. The van der Waals surface area contributed by atoms with E-state index in [0.717, 1.165) is 28.0 Å². The maximum atomic E-state index is 5.57. The molecule has 0 radical (unpaired) electrons. The number of rotatable bonds is 3. The number of benzene rings is 2. The molecule has 0 fully saturated rings. The summed E-state index contributed by atoms with van der Waals surface area (Å²) in [6.45, 7) is 10.5. The summed E-state index contributed by atoms with van der Waals surface area (Å²) in [6.07, 6.45) is 0. The third-order valence-corrected chi connectivity index (χ3v) is 3.46. The van der Waals surface area contributed by atoms with Gasteiger partial charge in [0.1, 0.15) is 17.2 Å². The summed E-state index contributed by atoms with van der Waals surface area (Å²) in [5.74, 6) is 2.47. The number of hydrogen-bond acceptors (Lipinski definition) is 3. The highest BCUT2D eigenvalue weighted by Crippen LogP contribution is 2.43. The first-order valence-corrected chi connectivity index (χ1v) is 7.65. The van der Waals surface area contributed by atoms with Gasteiger partial charge in [-0.15, -0.1) is 0 Å². The molecular formula is C19H28O3. The summed E-state index contributed by atoms with van der Waals surface area (Å²) in [4.78, 5) is 0. The highest BCUT2D eigenvalue weighted by Gasteiger charge is 2.24. The van der Waals surface area contributed by atoms with E-state index in [1.165, 1.54) is 5.56 Å². The van der Waals surface area contributed by atoms with Crippen LogP contribution < -0.4 is 14.2 Å². The Morgan fingerprint density at radius 2 is 1.32 bits per heavy atom. The summed E-state index contributed by atoms with van der Waals surface area (Å²) in [6, 6.07) is 7.99. The zero-order valence-corrected chi connectivity index (χ0v) is 15.0. The smallest absolute Gasteiger partial charge is 0.130 e. The number of methoxy groups -OCH3 is 3. The Bertz CT molecular complexity index is 625. The molecule has 0 N–H and O–H groups in total. The van der Waals surface area contributed by atoms with Gasteiger partial charge in [-0.1, -0.05) is 40.7 Å². The van der Waals surface area contributed by atoms with Crippen molar-refractivity contribution in [2.45, 2.75) is 40.0 Å². The molecule has 2 rings (SSSR count). The second-order valence-corrected chi connectivity index (χ2v) is 5.82. The van der Waals surface area contributed by atoms with Crippen LogP contribution in [0.4, 0.5) is 0 Å². The van der Waals surface area contributed by atoms with Crippen molar-refractivity contribution < 1.29 is 14.2 Å². The molecule has 2 aromatic carbocycles. The Balaban J connectivity index is 0.00000116. The molecule has 0 heterocycles. The number of hydrogen-bond donors (Lipinski definition) is 0. The van der Waals surface area contributed by atoms with E-state index in [4.69, 9.17) is 14.2 Å². The highest BCUT2D eigenvalue weighted by molar-refractivity contribution is 5.95. The number of fused-ring (bicyclic) bond motifs is 1. The largest absolute Gasteiger partial charge is 0.497 e. The minimum Gasteiger partial charge on any atom is -0.497 e. The van der Waals surface area contributed by atoms with Gasteiger partial charge in [-0.05, 0) is 22.9 Å². The molecular weight excluding hydrogens is 276 g/mol. The molecule has 2 aromatic rings. The fraction of sp³-hybridized carbons (Fsp3) is 0.474. The molecule has 0 aliphatic carbocycles. The third kappa shape index (κ3) is 3.46. The lowest BCUT2D eigenvalue weighted by molar-refractivity contribution is 0.386. The molecule has 22 heavy (non-hydrogen) atoms. The van der Waals surface area contributed by atoms with Crippen molar-refractivity contribution in [3.05, 3.63) is 29.8 Å². The van der Waals surface area contributed by atoms with Crippen LogP contribution in [0.2, 0.25) is 0 Å². The van der Waals surface area contributed by atoms with E-state index < -0.39 is 0 Å². The monoisotopic (exact) mass is 304 g/mol. The molecule has 0 bridgehead atoms. The molecule has 0 aliphatic heterocycles. The van der Waals surface area contributed by atoms with Crippen LogP contribution in [0.15, 0.2) is 24.3 Å². The van der Waals surface area contributed by atoms with Crippen molar-refractivity contribution in [3.63, 3.8) is 0 Å². The van der Waals surface area contributed by atoms with Crippen LogP contribution in [0.1, 0.15) is 40.2 Å². The first kappa shape index (κ1) is 18.1. The van der Waals surface area contributed by atoms with E-state index in [0.29, 0.717) is 0 Å². The van der Waals surface area contributed by atoms with Crippen molar-refractivity contribution in [1.82, 2.24) is 0 Å². The van der Waals surface area contributed by atoms with E-state index >= 15 is 0 Å². The quantitative estimate of drug-likeness (QED) is 0.781. The van der Waals surface area contributed by atoms with Gasteiger partial charge >= 0.3 is 0 Å². The Hall–Kier alpha value is -1.90. The van der Waals surface area contributed by atoms with Gasteiger partial charge in [0.05, 0.1) is 21.3 Å². The van der Waals surface area contributed by atoms with Gasteiger partial charge in [-0.2, -0.15) is 0 Å². The van der Waals surface area contributed by atoms with E-state index in [-0.39, 0.29) is 5.41 Å². The van der Waals surface area contributed by atoms with Crippen molar-refractivity contribution in [2.24, 2.45) is 0 Å².